The van der Waals surface area contributed by atoms with E-state index in [9.17, 15) is 4.79 Å². The molecule has 1 aromatic carbocycles. The first-order valence-electron chi connectivity index (χ1n) is 4.90. The first kappa shape index (κ1) is 11.1. The van der Waals surface area contributed by atoms with Crippen LogP contribution in [0.4, 0.5) is 0 Å². The molecule has 0 fully saturated rings. The monoisotopic (exact) mass is 230 g/mol. The molecule has 0 unspecified atom stereocenters. The quantitative estimate of drug-likeness (QED) is 0.871. The number of aromatic carboxylic acids is 1. The van der Waals surface area contributed by atoms with Crippen molar-refractivity contribution < 1.29 is 14.6 Å². The number of carboxylic acid groups (broad SMARTS) is 1. The molecule has 0 aliphatic carbocycles. The third-order valence-corrected chi connectivity index (χ3v) is 2.23. The maximum atomic E-state index is 10.6. The zero-order valence-electron chi connectivity index (χ0n) is 9.12. The van der Waals surface area contributed by atoms with Crippen molar-refractivity contribution in [3.05, 3.63) is 42.2 Å². The highest BCUT2D eigenvalue weighted by molar-refractivity contribution is 5.86. The van der Waals surface area contributed by atoms with E-state index in [2.05, 4.69) is 9.97 Å². The summed E-state index contributed by atoms with van der Waals surface area (Å²) in [6.07, 6.45) is 2.56. The second kappa shape index (κ2) is 4.61. The van der Waals surface area contributed by atoms with Gasteiger partial charge in [-0.1, -0.05) is 12.1 Å². The second-order valence-electron chi connectivity index (χ2n) is 3.33. The van der Waals surface area contributed by atoms with Gasteiger partial charge in [0.25, 0.3) is 0 Å². The summed E-state index contributed by atoms with van der Waals surface area (Å²) in [5, 5.41) is 8.73. The third kappa shape index (κ3) is 2.39. The summed E-state index contributed by atoms with van der Waals surface area (Å²) in [5.74, 6) is 0.129. The van der Waals surface area contributed by atoms with Crippen LogP contribution in [0, 0.1) is 0 Å². The van der Waals surface area contributed by atoms with Crippen LogP contribution < -0.4 is 4.74 Å². The van der Waals surface area contributed by atoms with Gasteiger partial charge in [0.05, 0.1) is 12.7 Å². The molecule has 0 amide bonds. The molecule has 5 nitrogen and oxygen atoms in total. The van der Waals surface area contributed by atoms with E-state index in [4.69, 9.17) is 9.84 Å². The molecule has 1 N–H and O–H groups in total. The van der Waals surface area contributed by atoms with Gasteiger partial charge in [-0.25, -0.2) is 14.8 Å². The molecule has 17 heavy (non-hydrogen) atoms. The second-order valence-corrected chi connectivity index (χ2v) is 3.33. The van der Waals surface area contributed by atoms with Gasteiger partial charge in [0.1, 0.15) is 5.75 Å². The fourth-order valence-corrected chi connectivity index (χ4v) is 1.35. The lowest BCUT2D eigenvalue weighted by molar-refractivity contribution is 0.0696. The summed E-state index contributed by atoms with van der Waals surface area (Å²) in [4.78, 5) is 18.6. The average Bonchev–Trinajstić information content (AvgIpc) is 2.39. The van der Waals surface area contributed by atoms with E-state index < -0.39 is 5.97 Å². The number of carbonyl (C=O) groups is 1. The molecule has 2 rings (SSSR count). The van der Waals surface area contributed by atoms with E-state index in [1.54, 1.807) is 13.2 Å². The van der Waals surface area contributed by atoms with Crippen LogP contribution >= 0.6 is 0 Å². The predicted octanol–water partition coefficient (Wildman–Crippen LogP) is 1.85. The Kier molecular flexibility index (Phi) is 3.00. The average molecular weight is 230 g/mol. The van der Waals surface area contributed by atoms with Gasteiger partial charge in [-0.15, -0.1) is 0 Å². The smallest absolute Gasteiger partial charge is 0.338 e. The lowest BCUT2D eigenvalue weighted by Gasteiger charge is -2.03. The van der Waals surface area contributed by atoms with E-state index in [0.717, 1.165) is 5.56 Å². The standard InChI is InChI=1S/C12H10N2O3/c1-17-10-4-2-3-8(5-10)11-13-6-9(7-14-11)12(15)16/h2-7H,1H3,(H,15,16). The predicted molar refractivity (Wildman–Crippen MR) is 61.0 cm³/mol. The van der Waals surface area contributed by atoms with Crippen molar-refractivity contribution in [2.75, 3.05) is 7.11 Å². The molecule has 2 aromatic rings. The van der Waals surface area contributed by atoms with Gasteiger partial charge in [-0.2, -0.15) is 0 Å². The van der Waals surface area contributed by atoms with Crippen LogP contribution in [-0.2, 0) is 0 Å². The Bertz CT molecular complexity index is 538. The zero-order chi connectivity index (χ0) is 12.3. The number of benzene rings is 1. The molecule has 0 bridgehead atoms. The van der Waals surface area contributed by atoms with Gasteiger partial charge in [0.2, 0.25) is 0 Å². The number of methoxy groups -OCH3 is 1. The van der Waals surface area contributed by atoms with E-state index in [1.165, 1.54) is 12.4 Å². The molecular formula is C12H10N2O3. The first-order chi connectivity index (χ1) is 8.20. The molecule has 1 aromatic heterocycles. The molecule has 0 spiro atoms. The van der Waals surface area contributed by atoms with Gasteiger partial charge in [-0.3, -0.25) is 0 Å². The minimum atomic E-state index is -1.04. The van der Waals surface area contributed by atoms with Crippen LogP contribution in [-0.4, -0.2) is 28.2 Å². The van der Waals surface area contributed by atoms with Crippen molar-refractivity contribution in [2.45, 2.75) is 0 Å². The number of nitrogens with zero attached hydrogens (tertiary/aromatic N) is 2. The molecule has 1 heterocycles. The van der Waals surface area contributed by atoms with Gasteiger partial charge in [0, 0.05) is 18.0 Å². The van der Waals surface area contributed by atoms with Gasteiger partial charge < -0.3 is 9.84 Å². The van der Waals surface area contributed by atoms with E-state index >= 15 is 0 Å². The maximum absolute atomic E-state index is 10.6. The Morgan fingerprint density at radius 3 is 2.59 bits per heavy atom. The van der Waals surface area contributed by atoms with Crippen molar-refractivity contribution in [2.24, 2.45) is 0 Å². The van der Waals surface area contributed by atoms with Gasteiger partial charge in [0.15, 0.2) is 5.82 Å². The van der Waals surface area contributed by atoms with E-state index in [-0.39, 0.29) is 5.56 Å². The largest absolute Gasteiger partial charge is 0.497 e. The number of hydrogen-bond acceptors (Lipinski definition) is 4. The minimum absolute atomic E-state index is 0.0663. The maximum Gasteiger partial charge on any atom is 0.338 e. The number of hydrogen-bond donors (Lipinski definition) is 1. The molecule has 86 valence electrons. The highest BCUT2D eigenvalue weighted by Crippen LogP contribution is 2.20. The topological polar surface area (TPSA) is 72.3 Å². The molecule has 0 saturated carbocycles. The van der Waals surface area contributed by atoms with Crippen molar-refractivity contribution in [3.63, 3.8) is 0 Å². The number of rotatable bonds is 3. The molecule has 5 heteroatoms. The normalized spacial score (nSPS) is 9.94. The number of carboxylic acids is 1. The highest BCUT2D eigenvalue weighted by Gasteiger charge is 2.06. The molecule has 0 saturated heterocycles. The molecule has 0 radical (unpaired) electrons. The lowest BCUT2D eigenvalue weighted by atomic mass is 10.2. The number of aromatic nitrogens is 2. The summed E-state index contributed by atoms with van der Waals surface area (Å²) in [7, 11) is 1.58. The summed E-state index contributed by atoms with van der Waals surface area (Å²) >= 11 is 0. The molecular weight excluding hydrogens is 220 g/mol. The summed E-state index contributed by atoms with van der Waals surface area (Å²) < 4.78 is 5.09. The van der Waals surface area contributed by atoms with Crippen LogP contribution in [0.2, 0.25) is 0 Å². The molecule has 0 aliphatic rings. The Labute approximate surface area is 97.7 Å². The van der Waals surface area contributed by atoms with Gasteiger partial charge in [-0.05, 0) is 12.1 Å². The fraction of sp³-hybridized carbons (Fsp3) is 0.0833. The minimum Gasteiger partial charge on any atom is -0.497 e. The molecule has 0 atom stereocenters. The van der Waals surface area contributed by atoms with E-state index in [1.807, 2.05) is 18.2 Å². The van der Waals surface area contributed by atoms with Crippen LogP contribution in [0.5, 0.6) is 5.75 Å². The Balaban J connectivity index is 2.36. The Morgan fingerprint density at radius 1 is 1.29 bits per heavy atom. The zero-order valence-corrected chi connectivity index (χ0v) is 9.12. The van der Waals surface area contributed by atoms with Gasteiger partial charge >= 0.3 is 5.97 Å². The van der Waals surface area contributed by atoms with Crippen LogP contribution in [0.3, 0.4) is 0 Å². The summed E-state index contributed by atoms with van der Waals surface area (Å²) in [6.45, 7) is 0. The SMILES string of the molecule is COc1cccc(-c2ncc(C(=O)O)cn2)c1. The Morgan fingerprint density at radius 2 is 2.00 bits per heavy atom. The lowest BCUT2D eigenvalue weighted by Crippen LogP contribution is -1.99. The van der Waals surface area contributed by atoms with Crippen molar-refractivity contribution in [1.82, 2.24) is 9.97 Å². The van der Waals surface area contributed by atoms with E-state index in [0.29, 0.717) is 11.6 Å². The van der Waals surface area contributed by atoms with Crippen LogP contribution in [0.1, 0.15) is 10.4 Å². The number of ether oxygens (including phenoxy) is 1. The highest BCUT2D eigenvalue weighted by atomic mass is 16.5. The third-order valence-electron chi connectivity index (χ3n) is 2.23. The summed E-state index contributed by atoms with van der Waals surface area (Å²) in [6, 6.07) is 7.26. The van der Waals surface area contributed by atoms with Crippen molar-refractivity contribution in [3.8, 4) is 17.1 Å². The summed E-state index contributed by atoms with van der Waals surface area (Å²) in [5.41, 5.74) is 0.845. The molecule has 0 aliphatic heterocycles. The fourth-order valence-electron chi connectivity index (χ4n) is 1.35. The van der Waals surface area contributed by atoms with Crippen LogP contribution in [0.25, 0.3) is 11.4 Å². The van der Waals surface area contributed by atoms with Crippen molar-refractivity contribution in [1.29, 1.82) is 0 Å². The van der Waals surface area contributed by atoms with Crippen molar-refractivity contribution >= 4 is 5.97 Å². The van der Waals surface area contributed by atoms with Crippen LogP contribution in [0.15, 0.2) is 36.7 Å². The Hall–Kier alpha value is -2.43. The first-order valence-corrected chi connectivity index (χ1v) is 4.90.